The van der Waals surface area contributed by atoms with Crippen LogP contribution in [0, 0.1) is 0 Å². The Morgan fingerprint density at radius 3 is 2.18 bits per heavy atom. The molecule has 1 atom stereocenters. The summed E-state index contributed by atoms with van der Waals surface area (Å²) in [6.45, 7) is 6.55. The molecule has 0 heterocycles. The molecule has 122 valence electrons. The molecule has 0 aliphatic heterocycles. The van der Waals surface area contributed by atoms with Crippen LogP contribution in [0.15, 0.2) is 36.4 Å². The molecule has 5 heteroatoms. The SMILES string of the molecule is CC[Si](CC)(CC)OC(/C=C/C(=O)OC)c1ccc(Cl)cc1. The van der Waals surface area contributed by atoms with Gasteiger partial charge in [0.05, 0.1) is 13.2 Å². The third kappa shape index (κ3) is 5.27. The molecule has 0 saturated carbocycles. The van der Waals surface area contributed by atoms with E-state index in [-0.39, 0.29) is 12.1 Å². The molecule has 0 N–H and O–H groups in total. The van der Waals surface area contributed by atoms with Gasteiger partial charge in [-0.25, -0.2) is 4.79 Å². The lowest BCUT2D eigenvalue weighted by Gasteiger charge is -2.32. The van der Waals surface area contributed by atoms with Gasteiger partial charge in [-0.3, -0.25) is 0 Å². The maximum Gasteiger partial charge on any atom is 0.330 e. The number of carbonyl (C=O) groups excluding carboxylic acids is 1. The summed E-state index contributed by atoms with van der Waals surface area (Å²) in [5, 5.41) is 0.685. The molecule has 1 aromatic rings. The van der Waals surface area contributed by atoms with Crippen LogP contribution in [-0.4, -0.2) is 21.4 Å². The Balaban J connectivity index is 3.08. The molecule has 1 unspecified atom stereocenters. The lowest BCUT2D eigenvalue weighted by Crippen LogP contribution is -2.37. The molecule has 1 rings (SSSR count). The number of halogens is 1. The summed E-state index contributed by atoms with van der Waals surface area (Å²) in [7, 11) is -0.426. The van der Waals surface area contributed by atoms with Crippen LogP contribution in [0.1, 0.15) is 32.4 Å². The summed E-state index contributed by atoms with van der Waals surface area (Å²) in [6.07, 6.45) is 2.96. The summed E-state index contributed by atoms with van der Waals surface area (Å²) in [5.41, 5.74) is 0.997. The number of benzene rings is 1. The van der Waals surface area contributed by atoms with Gasteiger partial charge in [0.15, 0.2) is 8.32 Å². The van der Waals surface area contributed by atoms with E-state index >= 15 is 0 Å². The highest BCUT2D eigenvalue weighted by Crippen LogP contribution is 2.31. The van der Waals surface area contributed by atoms with Gasteiger partial charge >= 0.3 is 5.97 Å². The summed E-state index contributed by atoms with van der Waals surface area (Å²) in [6, 6.07) is 10.7. The molecule has 0 aliphatic rings. The topological polar surface area (TPSA) is 35.5 Å². The highest BCUT2D eigenvalue weighted by atomic mass is 35.5. The number of ether oxygens (including phenoxy) is 1. The van der Waals surface area contributed by atoms with Crippen molar-refractivity contribution in [2.75, 3.05) is 7.11 Å². The van der Waals surface area contributed by atoms with Gasteiger partial charge in [-0.05, 0) is 41.9 Å². The van der Waals surface area contributed by atoms with Gasteiger partial charge < -0.3 is 9.16 Å². The van der Waals surface area contributed by atoms with E-state index in [4.69, 9.17) is 16.0 Å². The van der Waals surface area contributed by atoms with Crippen molar-refractivity contribution in [1.29, 1.82) is 0 Å². The van der Waals surface area contributed by atoms with Crippen LogP contribution in [0.4, 0.5) is 0 Å². The highest BCUT2D eigenvalue weighted by Gasteiger charge is 2.31. The lowest BCUT2D eigenvalue weighted by atomic mass is 10.1. The number of methoxy groups -OCH3 is 1. The third-order valence-corrected chi connectivity index (χ3v) is 8.99. The molecule has 22 heavy (non-hydrogen) atoms. The van der Waals surface area contributed by atoms with Gasteiger partial charge in [0.25, 0.3) is 0 Å². The predicted molar refractivity (Wildman–Crippen MR) is 93.6 cm³/mol. The van der Waals surface area contributed by atoms with E-state index in [1.54, 1.807) is 6.08 Å². The average Bonchev–Trinajstić information content (AvgIpc) is 2.56. The van der Waals surface area contributed by atoms with Crippen molar-refractivity contribution in [3.05, 3.63) is 47.0 Å². The Labute approximate surface area is 139 Å². The standard InChI is InChI=1S/C17H25ClO3Si/c1-5-22(6-2,7-3)21-16(12-13-17(19)20-4)14-8-10-15(18)11-9-14/h8-13,16H,5-7H2,1-4H3/b13-12+. The third-order valence-electron chi connectivity index (χ3n) is 4.12. The van der Waals surface area contributed by atoms with Crippen LogP contribution in [-0.2, 0) is 14.0 Å². The number of rotatable bonds is 8. The largest absolute Gasteiger partial charge is 0.466 e. The minimum Gasteiger partial charge on any atom is -0.466 e. The van der Waals surface area contributed by atoms with E-state index in [1.807, 2.05) is 24.3 Å². The minimum atomic E-state index is -1.80. The van der Waals surface area contributed by atoms with Gasteiger partial charge in [-0.2, -0.15) is 0 Å². The minimum absolute atomic E-state index is 0.247. The van der Waals surface area contributed by atoms with Gasteiger partial charge in [-0.15, -0.1) is 0 Å². The quantitative estimate of drug-likeness (QED) is 0.374. The zero-order valence-electron chi connectivity index (χ0n) is 13.8. The first-order chi connectivity index (χ1) is 10.5. The second-order valence-corrected chi connectivity index (χ2v) is 10.4. The first-order valence-corrected chi connectivity index (χ1v) is 10.6. The Kier molecular flexibility index (Phi) is 7.86. The lowest BCUT2D eigenvalue weighted by molar-refractivity contribution is -0.134. The van der Waals surface area contributed by atoms with Crippen molar-refractivity contribution in [3.8, 4) is 0 Å². The first kappa shape index (κ1) is 18.9. The van der Waals surface area contributed by atoms with Crippen LogP contribution in [0.3, 0.4) is 0 Å². The van der Waals surface area contributed by atoms with Crippen LogP contribution < -0.4 is 0 Å². The maximum atomic E-state index is 11.4. The van der Waals surface area contributed by atoms with Gasteiger partial charge in [-0.1, -0.05) is 44.5 Å². The Morgan fingerprint density at radius 2 is 1.73 bits per heavy atom. The van der Waals surface area contributed by atoms with E-state index in [0.29, 0.717) is 5.02 Å². The van der Waals surface area contributed by atoms with E-state index in [9.17, 15) is 4.79 Å². The second-order valence-electron chi connectivity index (χ2n) is 5.22. The van der Waals surface area contributed by atoms with E-state index < -0.39 is 8.32 Å². The molecule has 3 nitrogen and oxygen atoms in total. The molecule has 0 aromatic heterocycles. The smallest absolute Gasteiger partial charge is 0.330 e. The zero-order valence-corrected chi connectivity index (χ0v) is 15.5. The van der Waals surface area contributed by atoms with E-state index in [2.05, 4.69) is 25.5 Å². The van der Waals surface area contributed by atoms with Crippen molar-refractivity contribution < 1.29 is 14.0 Å². The Morgan fingerprint density at radius 1 is 1.18 bits per heavy atom. The van der Waals surface area contributed by atoms with Gasteiger partial charge in [0.2, 0.25) is 0 Å². The molecular weight excluding hydrogens is 316 g/mol. The molecule has 0 fully saturated rings. The van der Waals surface area contributed by atoms with Crippen molar-refractivity contribution in [1.82, 2.24) is 0 Å². The fraction of sp³-hybridized carbons (Fsp3) is 0.471. The molecule has 0 saturated heterocycles. The van der Waals surface area contributed by atoms with Crippen molar-refractivity contribution >= 4 is 25.9 Å². The predicted octanol–water partition coefficient (Wildman–Crippen LogP) is 5.13. The van der Waals surface area contributed by atoms with Crippen molar-refractivity contribution in [3.63, 3.8) is 0 Å². The molecule has 1 aromatic carbocycles. The zero-order chi connectivity index (χ0) is 16.6. The van der Waals surface area contributed by atoms with E-state index in [0.717, 1.165) is 23.7 Å². The van der Waals surface area contributed by atoms with Crippen LogP contribution in [0.25, 0.3) is 0 Å². The van der Waals surface area contributed by atoms with Crippen LogP contribution in [0.2, 0.25) is 23.2 Å². The molecule has 0 radical (unpaired) electrons. The molecule has 0 aliphatic carbocycles. The molecule has 0 amide bonds. The molecular formula is C17H25ClO3Si. The number of carbonyl (C=O) groups is 1. The summed E-state index contributed by atoms with van der Waals surface area (Å²) in [5.74, 6) is -0.376. The summed E-state index contributed by atoms with van der Waals surface area (Å²) < 4.78 is 11.2. The Hall–Kier alpha value is -1.10. The summed E-state index contributed by atoms with van der Waals surface area (Å²) in [4.78, 5) is 11.4. The maximum absolute atomic E-state index is 11.4. The summed E-state index contributed by atoms with van der Waals surface area (Å²) >= 11 is 5.96. The fourth-order valence-corrected chi connectivity index (χ4v) is 5.25. The molecule has 0 spiro atoms. The van der Waals surface area contributed by atoms with Gasteiger partial charge in [0, 0.05) is 11.1 Å². The first-order valence-electron chi connectivity index (χ1n) is 7.69. The number of hydrogen-bond acceptors (Lipinski definition) is 3. The van der Waals surface area contributed by atoms with Crippen LogP contribution >= 0.6 is 11.6 Å². The van der Waals surface area contributed by atoms with Gasteiger partial charge in [0.1, 0.15) is 0 Å². The fourth-order valence-electron chi connectivity index (χ4n) is 2.37. The average molecular weight is 341 g/mol. The monoisotopic (exact) mass is 340 g/mol. The van der Waals surface area contributed by atoms with Crippen LogP contribution in [0.5, 0.6) is 0 Å². The normalized spacial score (nSPS) is 13.3. The Bertz CT molecular complexity index is 487. The molecule has 0 bridgehead atoms. The van der Waals surface area contributed by atoms with E-state index in [1.165, 1.54) is 13.2 Å². The highest BCUT2D eigenvalue weighted by molar-refractivity contribution is 6.73. The van der Waals surface area contributed by atoms with Crippen molar-refractivity contribution in [2.24, 2.45) is 0 Å². The number of hydrogen-bond donors (Lipinski definition) is 0. The number of esters is 1. The van der Waals surface area contributed by atoms with Crippen molar-refractivity contribution in [2.45, 2.75) is 45.0 Å². The second kappa shape index (κ2) is 9.13.